The molecule has 0 rings (SSSR count). The third kappa shape index (κ3) is 59.5. The highest BCUT2D eigenvalue weighted by Gasteiger charge is 2.19. The molecular formula is C69H106O6. The van der Waals surface area contributed by atoms with E-state index in [9.17, 15) is 14.4 Å². The molecule has 418 valence electrons. The minimum atomic E-state index is -0.838. The minimum absolute atomic E-state index is 0.125. The molecule has 0 aromatic rings. The summed E-state index contributed by atoms with van der Waals surface area (Å²) in [5.41, 5.74) is 0. The first-order valence-corrected chi connectivity index (χ1v) is 29.6. The number of rotatable bonds is 51. The lowest BCUT2D eigenvalue weighted by Crippen LogP contribution is -2.30. The largest absolute Gasteiger partial charge is 0.462 e. The van der Waals surface area contributed by atoms with Crippen molar-refractivity contribution >= 4 is 17.9 Å². The molecule has 0 aliphatic heterocycles. The highest BCUT2D eigenvalue weighted by molar-refractivity contribution is 5.71. The predicted molar refractivity (Wildman–Crippen MR) is 325 cm³/mol. The van der Waals surface area contributed by atoms with E-state index in [-0.39, 0.29) is 44.0 Å². The summed E-state index contributed by atoms with van der Waals surface area (Å²) >= 11 is 0. The SMILES string of the molecule is CC/C=C\C/C=C\C/C=C\C/C=C\C/C=C\C/C=C\C/C=C\C/C=C\C/C=C\CCCC(=O)OCC(COC(=O)CCCCCCCCCCCCC)OC(=O)CCC/C=C\C/C=C\C/C=C\C/C=C\C/C=C\CC. The Hall–Kier alpha value is -5.23. The minimum Gasteiger partial charge on any atom is -0.462 e. The lowest BCUT2D eigenvalue weighted by molar-refractivity contribution is -0.167. The van der Waals surface area contributed by atoms with Crippen LogP contribution < -0.4 is 0 Å². The van der Waals surface area contributed by atoms with Crippen molar-refractivity contribution in [2.24, 2.45) is 0 Å². The summed E-state index contributed by atoms with van der Waals surface area (Å²) in [6.45, 7) is 6.29. The van der Waals surface area contributed by atoms with E-state index in [1.165, 1.54) is 51.4 Å². The Bertz CT molecular complexity index is 1750. The zero-order valence-corrected chi connectivity index (χ0v) is 47.7. The summed E-state index contributed by atoms with van der Waals surface area (Å²) in [4.78, 5) is 38.1. The second kappa shape index (κ2) is 61.3. The average Bonchev–Trinajstić information content (AvgIpc) is 3.41. The molecule has 0 fully saturated rings. The molecule has 0 spiro atoms. The van der Waals surface area contributed by atoms with Crippen LogP contribution in [0.3, 0.4) is 0 Å². The molecule has 0 saturated carbocycles. The van der Waals surface area contributed by atoms with Crippen molar-refractivity contribution in [3.05, 3.63) is 170 Å². The molecule has 6 heteroatoms. The Kier molecular flexibility index (Phi) is 57.0. The van der Waals surface area contributed by atoms with Crippen molar-refractivity contribution in [3.63, 3.8) is 0 Å². The molecule has 0 saturated heterocycles. The third-order valence-electron chi connectivity index (χ3n) is 11.7. The zero-order chi connectivity index (χ0) is 54.3. The Labute approximate surface area is 460 Å². The molecule has 0 aromatic heterocycles. The molecule has 0 bridgehead atoms. The first-order chi connectivity index (χ1) is 37.0. The number of unbranched alkanes of at least 4 members (excludes halogenated alkanes) is 12. The maximum Gasteiger partial charge on any atom is 0.306 e. The number of hydrogen-bond acceptors (Lipinski definition) is 6. The van der Waals surface area contributed by atoms with Gasteiger partial charge in [0.2, 0.25) is 0 Å². The van der Waals surface area contributed by atoms with Crippen molar-refractivity contribution < 1.29 is 28.6 Å². The first kappa shape index (κ1) is 69.8. The Morgan fingerprint density at radius 3 is 0.813 bits per heavy atom. The van der Waals surface area contributed by atoms with E-state index in [1.54, 1.807) is 0 Å². The van der Waals surface area contributed by atoms with Crippen LogP contribution in [-0.2, 0) is 28.6 Å². The maximum atomic E-state index is 12.8. The average molecular weight is 1030 g/mol. The van der Waals surface area contributed by atoms with Crippen molar-refractivity contribution in [2.75, 3.05) is 13.2 Å². The van der Waals surface area contributed by atoms with Crippen molar-refractivity contribution in [3.8, 4) is 0 Å². The van der Waals surface area contributed by atoms with Crippen LogP contribution in [0.4, 0.5) is 0 Å². The van der Waals surface area contributed by atoms with Gasteiger partial charge in [-0.15, -0.1) is 0 Å². The Morgan fingerprint density at radius 1 is 0.280 bits per heavy atom. The van der Waals surface area contributed by atoms with Gasteiger partial charge in [0.15, 0.2) is 6.10 Å². The van der Waals surface area contributed by atoms with Gasteiger partial charge in [-0.2, -0.15) is 0 Å². The van der Waals surface area contributed by atoms with Crippen LogP contribution in [0.2, 0.25) is 0 Å². The van der Waals surface area contributed by atoms with Gasteiger partial charge < -0.3 is 14.2 Å². The predicted octanol–water partition coefficient (Wildman–Crippen LogP) is 20.3. The highest BCUT2D eigenvalue weighted by Crippen LogP contribution is 2.13. The van der Waals surface area contributed by atoms with Crippen LogP contribution in [0.1, 0.15) is 226 Å². The van der Waals surface area contributed by atoms with E-state index < -0.39 is 6.10 Å². The lowest BCUT2D eigenvalue weighted by Gasteiger charge is -2.18. The van der Waals surface area contributed by atoms with Crippen molar-refractivity contribution in [2.45, 2.75) is 232 Å². The molecule has 1 atom stereocenters. The van der Waals surface area contributed by atoms with Gasteiger partial charge >= 0.3 is 17.9 Å². The van der Waals surface area contributed by atoms with E-state index >= 15 is 0 Å². The van der Waals surface area contributed by atoms with Crippen LogP contribution in [-0.4, -0.2) is 37.2 Å². The fraction of sp³-hybridized carbons (Fsp3) is 0.551. The number of esters is 3. The number of allylic oxidation sites excluding steroid dienone is 28. The van der Waals surface area contributed by atoms with Gasteiger partial charge in [0.1, 0.15) is 13.2 Å². The Balaban J connectivity index is 4.50. The zero-order valence-electron chi connectivity index (χ0n) is 47.7. The molecule has 0 aliphatic rings. The second-order valence-corrected chi connectivity index (χ2v) is 18.8. The fourth-order valence-corrected chi connectivity index (χ4v) is 7.36. The molecule has 0 radical (unpaired) electrons. The summed E-state index contributed by atoms with van der Waals surface area (Å²) in [7, 11) is 0. The molecule has 0 N–H and O–H groups in total. The van der Waals surface area contributed by atoms with Gasteiger partial charge in [-0.25, -0.2) is 0 Å². The molecule has 0 aromatic carbocycles. The molecule has 0 heterocycles. The lowest BCUT2D eigenvalue weighted by atomic mass is 10.1. The monoisotopic (exact) mass is 1030 g/mol. The summed E-state index contributed by atoms with van der Waals surface area (Å²) < 4.78 is 16.7. The van der Waals surface area contributed by atoms with Gasteiger partial charge in [0, 0.05) is 19.3 Å². The smallest absolute Gasteiger partial charge is 0.306 e. The number of carbonyl (C=O) groups excluding carboxylic acids is 3. The molecular weight excluding hydrogens is 925 g/mol. The maximum absolute atomic E-state index is 12.8. The first-order valence-electron chi connectivity index (χ1n) is 29.6. The van der Waals surface area contributed by atoms with E-state index in [0.29, 0.717) is 19.3 Å². The summed E-state index contributed by atoms with van der Waals surface area (Å²) in [6.07, 6.45) is 90.8. The topological polar surface area (TPSA) is 78.9 Å². The van der Waals surface area contributed by atoms with Gasteiger partial charge in [-0.3, -0.25) is 14.4 Å². The van der Waals surface area contributed by atoms with Crippen LogP contribution >= 0.6 is 0 Å². The number of ether oxygens (including phenoxy) is 3. The quantitative estimate of drug-likeness (QED) is 0.0261. The van der Waals surface area contributed by atoms with Crippen LogP contribution in [0, 0.1) is 0 Å². The highest BCUT2D eigenvalue weighted by atomic mass is 16.6. The van der Waals surface area contributed by atoms with Crippen molar-refractivity contribution in [1.29, 1.82) is 0 Å². The van der Waals surface area contributed by atoms with Crippen LogP contribution in [0.15, 0.2) is 170 Å². The third-order valence-corrected chi connectivity index (χ3v) is 11.7. The normalized spacial score (nSPS) is 13.4. The molecule has 6 nitrogen and oxygen atoms in total. The summed E-state index contributed by atoms with van der Waals surface area (Å²) in [5, 5.41) is 0. The van der Waals surface area contributed by atoms with Gasteiger partial charge in [-0.05, 0) is 122 Å². The molecule has 1 unspecified atom stereocenters. The van der Waals surface area contributed by atoms with Gasteiger partial charge in [-0.1, -0.05) is 255 Å². The number of hydrogen-bond donors (Lipinski definition) is 0. The summed E-state index contributed by atoms with van der Waals surface area (Å²) in [5.74, 6) is -1.06. The van der Waals surface area contributed by atoms with Crippen LogP contribution in [0.25, 0.3) is 0 Å². The molecule has 0 amide bonds. The van der Waals surface area contributed by atoms with Crippen molar-refractivity contribution in [1.82, 2.24) is 0 Å². The Morgan fingerprint density at radius 2 is 0.520 bits per heavy atom. The number of carbonyl (C=O) groups is 3. The van der Waals surface area contributed by atoms with E-state index in [4.69, 9.17) is 14.2 Å². The van der Waals surface area contributed by atoms with E-state index in [1.807, 2.05) is 0 Å². The van der Waals surface area contributed by atoms with Crippen LogP contribution in [0.5, 0.6) is 0 Å². The second-order valence-electron chi connectivity index (χ2n) is 18.8. The standard InChI is InChI=1S/C69H106O6/c1-4-7-10-13-16-19-22-24-26-28-29-30-31-32-33-34-35-36-37-38-39-41-42-44-47-50-53-56-59-62-68(71)74-65-66(64-73-67(70)61-58-55-52-49-46-21-18-15-12-9-6-3)75-69(72)63-60-57-54-51-48-45-43-40-27-25-23-20-17-14-11-8-5-2/h7-8,10-11,16-17,19-20,24-27,29-30,32-33,35-36,38-39,42-45,50-51,53-54,66H,4-6,9,12-15,18,21-23,28,31,34,37,40-41,46-49,52,55-65H2,1-3H3/b10-7-,11-8-,19-16-,20-17-,26-24-,27-25-,30-29-,33-32-,36-35-,39-38-,44-42-,45-43-,53-50-,54-51-. The van der Waals surface area contributed by atoms with E-state index in [2.05, 4.69) is 191 Å². The van der Waals surface area contributed by atoms with E-state index in [0.717, 1.165) is 122 Å². The molecule has 75 heavy (non-hydrogen) atoms. The van der Waals surface area contributed by atoms with Gasteiger partial charge in [0.25, 0.3) is 0 Å². The fourth-order valence-electron chi connectivity index (χ4n) is 7.36. The molecule has 0 aliphatic carbocycles. The summed E-state index contributed by atoms with van der Waals surface area (Å²) in [6, 6.07) is 0. The van der Waals surface area contributed by atoms with Gasteiger partial charge in [0.05, 0.1) is 0 Å².